The quantitative estimate of drug-likeness (QED) is 0.338. The van der Waals surface area contributed by atoms with Crippen LogP contribution in [0.25, 0.3) is 0 Å². The van der Waals surface area contributed by atoms with Crippen LogP contribution in [0.2, 0.25) is 0 Å². The third-order valence-electron chi connectivity index (χ3n) is 3.56. The van der Waals surface area contributed by atoms with Crippen LogP contribution in [0, 0.1) is 0 Å². The Morgan fingerprint density at radius 1 is 0.692 bits per heavy atom. The Morgan fingerprint density at radius 3 is 1.54 bits per heavy atom. The van der Waals surface area contributed by atoms with E-state index in [0.717, 1.165) is 0 Å². The third kappa shape index (κ3) is 4.20. The SMILES string of the molecule is CCOCC(=O)OC1=C(OCC)C(OCC)(OCC)C1(OCC)OCC. The zero-order valence-electron chi connectivity index (χ0n) is 16.7. The number of carbonyl (C=O) groups excluding carboxylic acids is 1. The van der Waals surface area contributed by atoms with E-state index < -0.39 is 17.5 Å². The smallest absolute Gasteiger partial charge is 0.337 e. The lowest BCUT2D eigenvalue weighted by atomic mass is 9.86. The lowest BCUT2D eigenvalue weighted by molar-refractivity contribution is -0.420. The normalized spacial score (nSPS) is 17.8. The second-order valence-corrected chi connectivity index (χ2v) is 5.17. The number of rotatable bonds is 14. The number of hydrogen-bond donors (Lipinski definition) is 0. The van der Waals surface area contributed by atoms with Crippen LogP contribution in [0.4, 0.5) is 0 Å². The van der Waals surface area contributed by atoms with Crippen LogP contribution in [0.1, 0.15) is 41.5 Å². The Kier molecular flexibility index (Phi) is 9.52. The summed E-state index contributed by atoms with van der Waals surface area (Å²) in [5, 5.41) is 0. The Morgan fingerprint density at radius 2 is 1.15 bits per heavy atom. The maximum absolute atomic E-state index is 12.1. The van der Waals surface area contributed by atoms with E-state index >= 15 is 0 Å². The summed E-state index contributed by atoms with van der Waals surface area (Å²) in [4.78, 5) is 12.1. The first-order valence-electron chi connectivity index (χ1n) is 9.25. The minimum atomic E-state index is -1.53. The van der Waals surface area contributed by atoms with E-state index in [1.54, 1.807) is 6.92 Å². The van der Waals surface area contributed by atoms with Crippen LogP contribution in [-0.2, 0) is 38.0 Å². The summed E-state index contributed by atoms with van der Waals surface area (Å²) in [6, 6.07) is 0. The fourth-order valence-electron chi connectivity index (χ4n) is 2.82. The third-order valence-corrected chi connectivity index (χ3v) is 3.56. The van der Waals surface area contributed by atoms with E-state index in [2.05, 4.69) is 0 Å². The van der Waals surface area contributed by atoms with Crippen LogP contribution >= 0.6 is 0 Å². The molecule has 0 spiro atoms. The average molecular weight is 376 g/mol. The summed E-state index contributed by atoms with van der Waals surface area (Å²) in [5.74, 6) is -3.20. The molecular weight excluding hydrogens is 344 g/mol. The highest BCUT2D eigenvalue weighted by Gasteiger charge is 2.75. The summed E-state index contributed by atoms with van der Waals surface area (Å²) in [7, 11) is 0. The Labute approximate surface area is 155 Å². The van der Waals surface area contributed by atoms with Gasteiger partial charge in [-0.05, 0) is 41.5 Å². The van der Waals surface area contributed by atoms with Gasteiger partial charge in [-0.1, -0.05) is 0 Å². The minimum Gasteiger partial charge on any atom is -0.489 e. The monoisotopic (exact) mass is 376 g/mol. The maximum Gasteiger partial charge on any atom is 0.337 e. The molecule has 0 saturated carbocycles. The van der Waals surface area contributed by atoms with Gasteiger partial charge in [-0.25, -0.2) is 4.79 Å². The molecule has 26 heavy (non-hydrogen) atoms. The molecule has 0 fully saturated rings. The van der Waals surface area contributed by atoms with Gasteiger partial charge in [0.2, 0.25) is 11.5 Å². The van der Waals surface area contributed by atoms with Crippen molar-refractivity contribution in [2.75, 3.05) is 46.2 Å². The topological polar surface area (TPSA) is 81.7 Å². The first kappa shape index (κ1) is 22.9. The van der Waals surface area contributed by atoms with Crippen LogP contribution in [0.15, 0.2) is 11.5 Å². The van der Waals surface area contributed by atoms with Gasteiger partial charge in [0.15, 0.2) is 0 Å². The molecule has 0 aliphatic heterocycles. The van der Waals surface area contributed by atoms with Crippen LogP contribution < -0.4 is 0 Å². The predicted octanol–water partition coefficient (Wildman–Crippen LogP) is 2.37. The van der Waals surface area contributed by atoms with Crippen molar-refractivity contribution in [1.82, 2.24) is 0 Å². The number of hydrogen-bond acceptors (Lipinski definition) is 8. The summed E-state index contributed by atoms with van der Waals surface area (Å²) < 4.78 is 39.9. The largest absolute Gasteiger partial charge is 0.489 e. The molecule has 8 heteroatoms. The van der Waals surface area contributed by atoms with Crippen molar-refractivity contribution in [2.45, 2.75) is 53.1 Å². The predicted molar refractivity (Wildman–Crippen MR) is 93.2 cm³/mol. The van der Waals surface area contributed by atoms with Gasteiger partial charge >= 0.3 is 5.97 Å². The van der Waals surface area contributed by atoms with Gasteiger partial charge in [-0.2, -0.15) is 0 Å². The van der Waals surface area contributed by atoms with Crippen molar-refractivity contribution in [3.8, 4) is 0 Å². The molecule has 1 rings (SSSR count). The summed E-state index contributed by atoms with van der Waals surface area (Å²) in [6.07, 6.45) is 0. The first-order valence-corrected chi connectivity index (χ1v) is 9.25. The van der Waals surface area contributed by atoms with E-state index in [9.17, 15) is 4.79 Å². The number of esters is 1. The number of carbonyl (C=O) groups is 1. The van der Waals surface area contributed by atoms with Crippen LogP contribution in [0.3, 0.4) is 0 Å². The molecule has 0 saturated heterocycles. The van der Waals surface area contributed by atoms with Gasteiger partial charge in [0, 0.05) is 33.0 Å². The molecule has 1 aliphatic rings. The summed E-state index contributed by atoms with van der Waals surface area (Å²) in [5.41, 5.74) is 0. The summed E-state index contributed by atoms with van der Waals surface area (Å²) >= 11 is 0. The van der Waals surface area contributed by atoms with E-state index in [1.165, 1.54) is 0 Å². The summed E-state index contributed by atoms with van der Waals surface area (Å²) in [6.45, 7) is 12.6. The van der Waals surface area contributed by atoms with Gasteiger partial charge in [0.25, 0.3) is 11.6 Å². The van der Waals surface area contributed by atoms with Gasteiger partial charge in [-0.3, -0.25) is 0 Å². The molecule has 0 amide bonds. The lowest BCUT2D eigenvalue weighted by Gasteiger charge is -2.54. The standard InChI is InChI=1S/C18H32O8/c1-7-20-13-14(19)26-16-15(21-8-2)17(22-9-3,23-10-4)18(16,24-11-5)25-12-6/h7-13H2,1-6H3. The zero-order chi connectivity index (χ0) is 19.6. The Hall–Kier alpha value is -1.19. The molecule has 152 valence electrons. The highest BCUT2D eigenvalue weighted by molar-refractivity contribution is 5.73. The second-order valence-electron chi connectivity index (χ2n) is 5.17. The van der Waals surface area contributed by atoms with Gasteiger partial charge < -0.3 is 33.2 Å². The maximum atomic E-state index is 12.1. The van der Waals surface area contributed by atoms with E-state index in [1.807, 2.05) is 34.6 Å². The van der Waals surface area contributed by atoms with Crippen LogP contribution in [-0.4, -0.2) is 63.8 Å². The fourth-order valence-corrected chi connectivity index (χ4v) is 2.82. The van der Waals surface area contributed by atoms with Gasteiger partial charge in [0.05, 0.1) is 6.61 Å². The molecule has 0 atom stereocenters. The Bertz CT molecular complexity index is 462. The van der Waals surface area contributed by atoms with Crippen molar-refractivity contribution < 1.29 is 38.0 Å². The molecule has 0 radical (unpaired) electrons. The van der Waals surface area contributed by atoms with Gasteiger partial charge in [0.1, 0.15) is 6.61 Å². The molecule has 0 N–H and O–H groups in total. The van der Waals surface area contributed by atoms with Crippen molar-refractivity contribution >= 4 is 5.97 Å². The average Bonchev–Trinajstić information content (AvgIpc) is 2.62. The lowest BCUT2D eigenvalue weighted by Crippen LogP contribution is -2.71. The molecule has 0 aromatic carbocycles. The molecule has 0 heterocycles. The Balaban J connectivity index is 3.40. The van der Waals surface area contributed by atoms with Crippen molar-refractivity contribution in [3.63, 3.8) is 0 Å². The van der Waals surface area contributed by atoms with Crippen molar-refractivity contribution in [2.24, 2.45) is 0 Å². The van der Waals surface area contributed by atoms with Gasteiger partial charge in [-0.15, -0.1) is 0 Å². The highest BCUT2D eigenvalue weighted by Crippen LogP contribution is 2.55. The molecular formula is C18H32O8. The molecule has 0 aromatic rings. The van der Waals surface area contributed by atoms with Crippen molar-refractivity contribution in [3.05, 3.63) is 11.5 Å². The fraction of sp³-hybridized carbons (Fsp3) is 0.833. The second kappa shape index (κ2) is 10.8. The zero-order valence-corrected chi connectivity index (χ0v) is 16.7. The number of ether oxygens (including phenoxy) is 7. The molecule has 0 aromatic heterocycles. The first-order chi connectivity index (χ1) is 12.5. The molecule has 0 bridgehead atoms. The van der Waals surface area contributed by atoms with E-state index in [-0.39, 0.29) is 31.3 Å². The molecule has 1 aliphatic carbocycles. The van der Waals surface area contributed by atoms with E-state index in [4.69, 9.17) is 33.2 Å². The van der Waals surface area contributed by atoms with Crippen molar-refractivity contribution in [1.29, 1.82) is 0 Å². The molecule has 0 unspecified atom stereocenters. The van der Waals surface area contributed by atoms with E-state index in [0.29, 0.717) is 26.4 Å². The highest BCUT2D eigenvalue weighted by atomic mass is 16.8. The van der Waals surface area contributed by atoms with Crippen LogP contribution in [0.5, 0.6) is 0 Å². The molecule has 8 nitrogen and oxygen atoms in total. The minimum absolute atomic E-state index is 0.106.